The van der Waals surface area contributed by atoms with Crippen molar-refractivity contribution >= 4 is 41.4 Å². The number of ketones is 1. The lowest BCUT2D eigenvalue weighted by Gasteiger charge is -2.08. The Labute approximate surface area is 224 Å². The third kappa shape index (κ3) is 27.1. The SMILES string of the molecule is CC.CC(=O)CCC(=O)OCCOC(=O)CCC(=O)NCC(=O)NCC(=O)NCCCCCCCC(N)=O. The molecule has 0 unspecified atom stereocenters. The van der Waals surface area contributed by atoms with Crippen LogP contribution in [0.4, 0.5) is 0 Å². The van der Waals surface area contributed by atoms with Gasteiger partial charge in [0.1, 0.15) is 19.0 Å². The predicted molar refractivity (Wildman–Crippen MR) is 138 cm³/mol. The normalized spacial score (nSPS) is 9.76. The Morgan fingerprint density at radius 1 is 0.579 bits per heavy atom. The largest absolute Gasteiger partial charge is 0.462 e. The highest BCUT2D eigenvalue weighted by molar-refractivity contribution is 5.89. The lowest BCUT2D eigenvalue weighted by Crippen LogP contribution is -2.42. The fraction of sp³-hybridized carbons (Fsp3) is 0.720. The van der Waals surface area contributed by atoms with Gasteiger partial charge < -0.3 is 36.0 Å². The van der Waals surface area contributed by atoms with Crippen LogP contribution in [-0.2, 0) is 43.0 Å². The zero-order valence-corrected chi connectivity index (χ0v) is 22.9. The van der Waals surface area contributed by atoms with Crippen LogP contribution in [0.1, 0.15) is 85.0 Å². The highest BCUT2D eigenvalue weighted by atomic mass is 16.6. The van der Waals surface area contributed by atoms with Gasteiger partial charge in [-0.3, -0.25) is 28.8 Å². The maximum atomic E-state index is 11.7. The van der Waals surface area contributed by atoms with Gasteiger partial charge in [0.2, 0.25) is 23.6 Å². The van der Waals surface area contributed by atoms with Gasteiger partial charge >= 0.3 is 11.9 Å². The number of primary amides is 1. The quantitative estimate of drug-likeness (QED) is 0.117. The minimum absolute atomic E-state index is 0.0382. The summed E-state index contributed by atoms with van der Waals surface area (Å²) in [7, 11) is 0. The Morgan fingerprint density at radius 2 is 1.05 bits per heavy atom. The van der Waals surface area contributed by atoms with Crippen molar-refractivity contribution in [3.05, 3.63) is 0 Å². The molecule has 218 valence electrons. The summed E-state index contributed by atoms with van der Waals surface area (Å²) >= 11 is 0. The number of ether oxygens (including phenoxy) is 2. The minimum atomic E-state index is -0.670. The lowest BCUT2D eigenvalue weighted by molar-refractivity contribution is -0.152. The van der Waals surface area contributed by atoms with Gasteiger partial charge in [-0.15, -0.1) is 0 Å². The van der Waals surface area contributed by atoms with E-state index in [1.54, 1.807) is 0 Å². The molecule has 0 aliphatic heterocycles. The lowest BCUT2D eigenvalue weighted by atomic mass is 10.1. The highest BCUT2D eigenvalue weighted by Crippen LogP contribution is 2.04. The van der Waals surface area contributed by atoms with E-state index in [2.05, 4.69) is 16.0 Å². The van der Waals surface area contributed by atoms with Gasteiger partial charge in [0.25, 0.3) is 0 Å². The van der Waals surface area contributed by atoms with Gasteiger partial charge in [-0.25, -0.2) is 0 Å². The van der Waals surface area contributed by atoms with E-state index in [1.807, 2.05) is 13.8 Å². The monoisotopic (exact) mass is 544 g/mol. The van der Waals surface area contributed by atoms with Gasteiger partial charge in [0, 0.05) is 25.8 Å². The summed E-state index contributed by atoms with van der Waals surface area (Å²) in [4.78, 5) is 79.5. The van der Waals surface area contributed by atoms with Gasteiger partial charge in [-0.1, -0.05) is 33.1 Å². The molecule has 0 fully saturated rings. The summed E-state index contributed by atoms with van der Waals surface area (Å²) in [6.45, 7) is 4.94. The van der Waals surface area contributed by atoms with Crippen molar-refractivity contribution < 1.29 is 43.0 Å². The molecule has 0 rings (SSSR count). The van der Waals surface area contributed by atoms with Crippen LogP contribution in [0.3, 0.4) is 0 Å². The van der Waals surface area contributed by atoms with Crippen molar-refractivity contribution in [2.45, 2.75) is 85.0 Å². The van der Waals surface area contributed by atoms with E-state index in [4.69, 9.17) is 15.2 Å². The maximum absolute atomic E-state index is 11.7. The van der Waals surface area contributed by atoms with Crippen LogP contribution in [0.2, 0.25) is 0 Å². The number of carbonyl (C=O) groups is 7. The molecule has 0 heterocycles. The number of esters is 2. The molecule has 0 bridgehead atoms. The first-order valence-corrected chi connectivity index (χ1v) is 13.0. The summed E-state index contributed by atoms with van der Waals surface area (Å²) < 4.78 is 9.62. The first kappa shape index (κ1) is 36.6. The fourth-order valence-corrected chi connectivity index (χ4v) is 2.70. The van der Waals surface area contributed by atoms with Crippen molar-refractivity contribution in [2.75, 3.05) is 32.8 Å². The Morgan fingerprint density at radius 3 is 1.61 bits per heavy atom. The van der Waals surface area contributed by atoms with E-state index in [9.17, 15) is 33.6 Å². The second-order valence-electron chi connectivity index (χ2n) is 8.03. The predicted octanol–water partition coefficient (Wildman–Crippen LogP) is 0.423. The summed E-state index contributed by atoms with van der Waals surface area (Å²) in [6, 6.07) is 0. The first-order valence-electron chi connectivity index (χ1n) is 13.0. The molecule has 13 heteroatoms. The summed E-state index contributed by atoms with van der Waals surface area (Å²) in [5.74, 6) is -3.12. The molecule has 4 amide bonds. The van der Waals surface area contributed by atoms with Crippen LogP contribution in [0.25, 0.3) is 0 Å². The van der Waals surface area contributed by atoms with Crippen LogP contribution in [0.5, 0.6) is 0 Å². The third-order valence-corrected chi connectivity index (χ3v) is 4.66. The van der Waals surface area contributed by atoms with Crippen LogP contribution < -0.4 is 21.7 Å². The molecule has 0 aliphatic carbocycles. The van der Waals surface area contributed by atoms with Crippen molar-refractivity contribution in [1.29, 1.82) is 0 Å². The van der Waals surface area contributed by atoms with Gasteiger partial charge in [0.15, 0.2) is 0 Å². The molecule has 0 aromatic rings. The van der Waals surface area contributed by atoms with Crippen molar-refractivity contribution in [2.24, 2.45) is 5.73 Å². The molecule has 0 aromatic heterocycles. The minimum Gasteiger partial charge on any atom is -0.462 e. The average molecular weight is 545 g/mol. The Bertz CT molecular complexity index is 757. The van der Waals surface area contributed by atoms with Gasteiger partial charge in [-0.05, 0) is 19.8 Å². The number of carbonyl (C=O) groups excluding carboxylic acids is 7. The van der Waals surface area contributed by atoms with E-state index in [0.717, 1.165) is 32.1 Å². The van der Waals surface area contributed by atoms with Crippen molar-refractivity contribution in [3.8, 4) is 0 Å². The van der Waals surface area contributed by atoms with Crippen molar-refractivity contribution in [1.82, 2.24) is 16.0 Å². The molecular weight excluding hydrogens is 500 g/mol. The van der Waals surface area contributed by atoms with E-state index in [-0.39, 0.29) is 69.6 Å². The molecule has 5 N–H and O–H groups in total. The third-order valence-electron chi connectivity index (χ3n) is 4.66. The van der Waals surface area contributed by atoms with E-state index in [0.29, 0.717) is 13.0 Å². The van der Waals surface area contributed by atoms with Crippen LogP contribution in [0, 0.1) is 0 Å². The molecule has 0 aliphatic rings. The first-order chi connectivity index (χ1) is 18.1. The van der Waals surface area contributed by atoms with E-state index < -0.39 is 23.8 Å². The number of nitrogens with two attached hydrogens (primary N) is 1. The van der Waals surface area contributed by atoms with Gasteiger partial charge in [-0.2, -0.15) is 0 Å². The molecule has 0 atom stereocenters. The summed E-state index contributed by atoms with van der Waals surface area (Å²) in [6.07, 6.45) is 4.29. The zero-order chi connectivity index (χ0) is 29.2. The topological polar surface area (TPSA) is 200 Å². The van der Waals surface area contributed by atoms with E-state index in [1.165, 1.54) is 6.92 Å². The van der Waals surface area contributed by atoms with Gasteiger partial charge in [0.05, 0.1) is 25.9 Å². The molecule has 0 saturated carbocycles. The second-order valence-corrected chi connectivity index (χ2v) is 8.03. The van der Waals surface area contributed by atoms with Crippen LogP contribution >= 0.6 is 0 Å². The Kier molecular flexibility index (Phi) is 24.3. The number of Topliss-reactive ketones (excluding diaryl/α,β-unsaturated/α-hetero) is 1. The molecular formula is C25H44N4O9. The number of amides is 4. The van der Waals surface area contributed by atoms with Crippen molar-refractivity contribution in [3.63, 3.8) is 0 Å². The number of hydrogen-bond acceptors (Lipinski definition) is 9. The standard InChI is InChI=1S/C23H38N4O9.C2H6/c1-17(28)8-10-22(33)35-13-14-36-23(34)11-9-19(30)26-16-21(32)27-15-20(31)25-12-6-4-2-3-5-7-18(24)29;1-2/h2-16H2,1H3,(H2,24,29)(H,25,31)(H,26,30)(H,27,32);1-2H3. The number of hydrogen-bond donors (Lipinski definition) is 4. The number of unbranched alkanes of at least 4 members (excludes halogenated alkanes) is 4. The smallest absolute Gasteiger partial charge is 0.306 e. The summed E-state index contributed by atoms with van der Waals surface area (Å²) in [5, 5.41) is 7.39. The molecule has 38 heavy (non-hydrogen) atoms. The summed E-state index contributed by atoms with van der Waals surface area (Å²) in [5.41, 5.74) is 5.06. The Hall–Kier alpha value is -3.51. The highest BCUT2D eigenvalue weighted by Gasteiger charge is 2.11. The maximum Gasteiger partial charge on any atom is 0.306 e. The number of rotatable bonds is 21. The van der Waals surface area contributed by atoms with Crippen LogP contribution in [0.15, 0.2) is 0 Å². The second kappa shape index (κ2) is 25.2. The molecule has 13 nitrogen and oxygen atoms in total. The fourth-order valence-electron chi connectivity index (χ4n) is 2.70. The van der Waals surface area contributed by atoms with E-state index >= 15 is 0 Å². The molecule has 0 saturated heterocycles. The zero-order valence-electron chi connectivity index (χ0n) is 22.9. The number of nitrogens with one attached hydrogen (secondary N) is 3. The van der Waals surface area contributed by atoms with Crippen LogP contribution in [-0.4, -0.2) is 74.2 Å². The molecule has 0 aromatic carbocycles. The molecule has 0 radical (unpaired) electrons. The molecule has 0 spiro atoms. The Balaban J connectivity index is 0. The average Bonchev–Trinajstić information content (AvgIpc) is 2.88.